The maximum Gasteiger partial charge on any atom is 0.137 e. The predicted octanol–water partition coefficient (Wildman–Crippen LogP) is 4.21. The number of methoxy groups -OCH3 is 1. The van der Waals surface area contributed by atoms with Crippen LogP contribution in [0.3, 0.4) is 0 Å². The molecule has 1 unspecified atom stereocenters. The van der Waals surface area contributed by atoms with Crippen LogP contribution in [0.1, 0.15) is 24.1 Å². The van der Waals surface area contributed by atoms with Crippen LogP contribution in [-0.4, -0.2) is 18.6 Å². The van der Waals surface area contributed by atoms with E-state index in [0.717, 1.165) is 22.1 Å². The molecule has 2 rings (SSSR count). The Labute approximate surface area is 132 Å². The van der Waals surface area contributed by atoms with Crippen molar-refractivity contribution in [1.29, 1.82) is 0 Å². The first-order valence-electron chi connectivity index (χ1n) is 6.33. The summed E-state index contributed by atoms with van der Waals surface area (Å²) in [7, 11) is 1.62. The third-order valence-electron chi connectivity index (χ3n) is 2.98. The molecule has 0 aliphatic carbocycles. The van der Waals surface area contributed by atoms with Gasteiger partial charge in [-0.05, 0) is 51.8 Å². The van der Waals surface area contributed by atoms with Gasteiger partial charge in [-0.25, -0.2) is 0 Å². The summed E-state index contributed by atoms with van der Waals surface area (Å²) < 4.78 is 6.25. The molecule has 0 aliphatic rings. The highest BCUT2D eigenvalue weighted by Crippen LogP contribution is 2.30. The molecule has 0 aliphatic heterocycles. The molecule has 1 N–H and O–H groups in total. The van der Waals surface area contributed by atoms with Gasteiger partial charge in [-0.2, -0.15) is 0 Å². The van der Waals surface area contributed by atoms with E-state index in [1.54, 1.807) is 13.3 Å². The normalized spacial score (nSPS) is 12.2. The Morgan fingerprint density at radius 3 is 2.75 bits per heavy atom. The Balaban J connectivity index is 2.42. The molecule has 1 aromatic heterocycles. The summed E-state index contributed by atoms with van der Waals surface area (Å²) in [5.41, 5.74) is 2.18. The van der Waals surface area contributed by atoms with Crippen LogP contribution in [0, 0.1) is 0 Å². The number of aromatic nitrogens is 1. The number of hydrogen-bond acceptors (Lipinski definition) is 3. The lowest BCUT2D eigenvalue weighted by molar-refractivity contribution is 0.414. The van der Waals surface area contributed by atoms with Gasteiger partial charge >= 0.3 is 0 Å². The lowest BCUT2D eigenvalue weighted by atomic mass is 10.00. The Hall–Kier alpha value is -1.10. The number of ether oxygens (including phenoxy) is 1. The summed E-state index contributed by atoms with van der Waals surface area (Å²) >= 11 is 9.54. The molecule has 2 aromatic rings. The first kappa shape index (κ1) is 15.3. The summed E-state index contributed by atoms with van der Waals surface area (Å²) in [5.74, 6) is 0.676. The highest BCUT2D eigenvalue weighted by molar-refractivity contribution is 9.10. The fourth-order valence-corrected chi connectivity index (χ4v) is 2.65. The molecule has 5 heteroatoms. The molecular weight excluding hydrogens is 340 g/mol. The lowest BCUT2D eigenvalue weighted by Gasteiger charge is -2.19. The van der Waals surface area contributed by atoms with E-state index in [1.165, 1.54) is 0 Å². The number of halogens is 2. The van der Waals surface area contributed by atoms with Gasteiger partial charge in [-0.1, -0.05) is 24.6 Å². The molecule has 0 saturated carbocycles. The van der Waals surface area contributed by atoms with E-state index in [0.29, 0.717) is 10.8 Å². The van der Waals surface area contributed by atoms with E-state index < -0.39 is 0 Å². The molecule has 1 aromatic carbocycles. The van der Waals surface area contributed by atoms with Crippen LogP contribution in [0.15, 0.2) is 41.1 Å². The zero-order chi connectivity index (χ0) is 14.5. The number of hydrogen-bond donors (Lipinski definition) is 1. The summed E-state index contributed by atoms with van der Waals surface area (Å²) in [4.78, 5) is 4.23. The van der Waals surface area contributed by atoms with Crippen molar-refractivity contribution in [1.82, 2.24) is 10.3 Å². The van der Waals surface area contributed by atoms with Crippen molar-refractivity contribution >= 4 is 27.5 Å². The number of benzene rings is 1. The van der Waals surface area contributed by atoms with Gasteiger partial charge in [0.15, 0.2) is 0 Å². The van der Waals surface area contributed by atoms with Crippen LogP contribution in [0.4, 0.5) is 0 Å². The first-order chi connectivity index (χ1) is 9.65. The second kappa shape index (κ2) is 7.07. The van der Waals surface area contributed by atoms with Crippen LogP contribution < -0.4 is 10.1 Å². The van der Waals surface area contributed by atoms with Crippen molar-refractivity contribution in [2.75, 3.05) is 13.7 Å². The molecule has 3 nitrogen and oxygen atoms in total. The standard InChI is InChI=1S/C15H16BrClN2O/c1-3-19-15(11-6-12(16)9-18-8-11)10-4-5-13(17)14(7-10)20-2/h4-9,15,19H,3H2,1-2H3. The fraction of sp³-hybridized carbons (Fsp3) is 0.267. The summed E-state index contributed by atoms with van der Waals surface area (Å²) in [6, 6.07) is 7.92. The van der Waals surface area contributed by atoms with Gasteiger partial charge in [0.25, 0.3) is 0 Å². The molecule has 0 bridgehead atoms. The third-order valence-corrected chi connectivity index (χ3v) is 3.72. The fourth-order valence-electron chi connectivity index (χ4n) is 2.07. The van der Waals surface area contributed by atoms with Crippen LogP contribution >= 0.6 is 27.5 Å². The molecule has 0 radical (unpaired) electrons. The Kier molecular flexibility index (Phi) is 5.40. The van der Waals surface area contributed by atoms with Crippen molar-refractivity contribution < 1.29 is 4.74 Å². The average Bonchev–Trinajstić information content (AvgIpc) is 2.45. The minimum atomic E-state index is 0.0520. The maximum absolute atomic E-state index is 6.08. The highest BCUT2D eigenvalue weighted by Gasteiger charge is 2.15. The largest absolute Gasteiger partial charge is 0.495 e. The summed E-state index contributed by atoms with van der Waals surface area (Å²) in [6.45, 7) is 2.92. The van der Waals surface area contributed by atoms with Gasteiger partial charge in [0, 0.05) is 16.9 Å². The van der Waals surface area contributed by atoms with E-state index in [4.69, 9.17) is 16.3 Å². The Morgan fingerprint density at radius 1 is 1.30 bits per heavy atom. The van der Waals surface area contributed by atoms with Gasteiger partial charge in [0.05, 0.1) is 18.2 Å². The van der Waals surface area contributed by atoms with Gasteiger partial charge in [-0.3, -0.25) is 4.98 Å². The van der Waals surface area contributed by atoms with Gasteiger partial charge < -0.3 is 10.1 Å². The van der Waals surface area contributed by atoms with Gasteiger partial charge in [0.2, 0.25) is 0 Å². The molecule has 0 saturated heterocycles. The van der Waals surface area contributed by atoms with E-state index in [9.17, 15) is 0 Å². The lowest BCUT2D eigenvalue weighted by Crippen LogP contribution is -2.22. The molecule has 1 heterocycles. The Bertz CT molecular complexity index is 592. The van der Waals surface area contributed by atoms with Crippen LogP contribution in [0.5, 0.6) is 5.75 Å². The second-order valence-electron chi connectivity index (χ2n) is 4.32. The van der Waals surface area contributed by atoms with Crippen molar-refractivity contribution in [2.24, 2.45) is 0 Å². The van der Waals surface area contributed by atoms with E-state index in [-0.39, 0.29) is 6.04 Å². The predicted molar refractivity (Wildman–Crippen MR) is 85.5 cm³/mol. The van der Waals surface area contributed by atoms with E-state index in [1.807, 2.05) is 24.4 Å². The van der Waals surface area contributed by atoms with E-state index in [2.05, 4.69) is 39.2 Å². The quantitative estimate of drug-likeness (QED) is 0.872. The average molecular weight is 356 g/mol. The van der Waals surface area contributed by atoms with Crippen LogP contribution in [-0.2, 0) is 0 Å². The van der Waals surface area contributed by atoms with Crippen molar-refractivity contribution in [3.05, 3.63) is 57.3 Å². The van der Waals surface area contributed by atoms with Crippen LogP contribution in [0.25, 0.3) is 0 Å². The smallest absolute Gasteiger partial charge is 0.137 e. The molecule has 0 fully saturated rings. The minimum Gasteiger partial charge on any atom is -0.495 e. The van der Waals surface area contributed by atoms with E-state index >= 15 is 0 Å². The molecule has 20 heavy (non-hydrogen) atoms. The first-order valence-corrected chi connectivity index (χ1v) is 7.50. The zero-order valence-electron chi connectivity index (χ0n) is 11.4. The molecule has 1 atom stereocenters. The molecule has 106 valence electrons. The molecular formula is C15H16BrClN2O. The second-order valence-corrected chi connectivity index (χ2v) is 5.64. The SMILES string of the molecule is CCNC(c1cncc(Br)c1)c1ccc(Cl)c(OC)c1. The van der Waals surface area contributed by atoms with Crippen LogP contribution in [0.2, 0.25) is 5.02 Å². The highest BCUT2D eigenvalue weighted by atomic mass is 79.9. The number of nitrogens with zero attached hydrogens (tertiary/aromatic N) is 1. The molecule has 0 amide bonds. The van der Waals surface area contributed by atoms with Gasteiger partial charge in [0.1, 0.15) is 5.75 Å². The summed E-state index contributed by atoms with van der Waals surface area (Å²) in [5, 5.41) is 4.06. The number of pyridine rings is 1. The van der Waals surface area contributed by atoms with Crippen molar-refractivity contribution in [2.45, 2.75) is 13.0 Å². The number of nitrogens with one attached hydrogen (secondary N) is 1. The minimum absolute atomic E-state index is 0.0520. The van der Waals surface area contributed by atoms with Gasteiger partial charge in [-0.15, -0.1) is 0 Å². The van der Waals surface area contributed by atoms with Crippen molar-refractivity contribution in [3.8, 4) is 5.75 Å². The zero-order valence-corrected chi connectivity index (χ0v) is 13.7. The topological polar surface area (TPSA) is 34.2 Å². The Morgan fingerprint density at radius 2 is 2.10 bits per heavy atom. The molecule has 0 spiro atoms. The third kappa shape index (κ3) is 3.51. The number of rotatable bonds is 5. The maximum atomic E-state index is 6.08. The van der Waals surface area contributed by atoms with Crippen molar-refractivity contribution in [3.63, 3.8) is 0 Å². The summed E-state index contributed by atoms with van der Waals surface area (Å²) in [6.07, 6.45) is 3.63. The monoisotopic (exact) mass is 354 g/mol.